The molecule has 0 radical (unpaired) electrons. The SMILES string of the molecule is Nc1nc(Cl)cc(NCCc2ccc(CO)cc2)n1. The van der Waals surface area contributed by atoms with Gasteiger partial charge in [0.2, 0.25) is 5.95 Å². The number of anilines is 2. The molecule has 0 unspecified atom stereocenters. The van der Waals surface area contributed by atoms with Crippen molar-refractivity contribution >= 4 is 23.4 Å². The Morgan fingerprint density at radius 1 is 1.16 bits per heavy atom. The number of nitrogens with two attached hydrogens (primary N) is 1. The lowest BCUT2D eigenvalue weighted by molar-refractivity contribution is 0.282. The summed E-state index contributed by atoms with van der Waals surface area (Å²) in [4.78, 5) is 7.82. The molecule has 2 rings (SSSR count). The van der Waals surface area contributed by atoms with Gasteiger partial charge in [-0.15, -0.1) is 0 Å². The average Bonchev–Trinajstić information content (AvgIpc) is 2.38. The van der Waals surface area contributed by atoms with E-state index in [2.05, 4.69) is 15.3 Å². The second-order valence-corrected chi connectivity index (χ2v) is 4.47. The number of benzene rings is 1. The highest BCUT2D eigenvalue weighted by molar-refractivity contribution is 6.29. The largest absolute Gasteiger partial charge is 0.392 e. The number of hydrogen-bond acceptors (Lipinski definition) is 5. The fraction of sp³-hybridized carbons (Fsp3) is 0.231. The molecule has 0 aliphatic rings. The molecule has 0 spiro atoms. The second kappa shape index (κ2) is 6.36. The third-order valence-electron chi connectivity index (χ3n) is 2.64. The highest BCUT2D eigenvalue weighted by Gasteiger charge is 2.00. The van der Waals surface area contributed by atoms with Crippen molar-refractivity contribution in [3.05, 3.63) is 46.6 Å². The highest BCUT2D eigenvalue weighted by Crippen LogP contribution is 2.12. The summed E-state index contributed by atoms with van der Waals surface area (Å²) >= 11 is 5.78. The van der Waals surface area contributed by atoms with E-state index in [0.29, 0.717) is 17.5 Å². The van der Waals surface area contributed by atoms with Crippen molar-refractivity contribution in [3.8, 4) is 0 Å². The summed E-state index contributed by atoms with van der Waals surface area (Å²) < 4.78 is 0. The van der Waals surface area contributed by atoms with Gasteiger partial charge in [-0.05, 0) is 17.5 Å². The lowest BCUT2D eigenvalue weighted by atomic mass is 10.1. The van der Waals surface area contributed by atoms with E-state index in [1.165, 1.54) is 5.56 Å². The molecule has 0 aliphatic heterocycles. The maximum atomic E-state index is 8.95. The Kier molecular flexibility index (Phi) is 4.54. The monoisotopic (exact) mass is 278 g/mol. The third-order valence-corrected chi connectivity index (χ3v) is 2.83. The van der Waals surface area contributed by atoms with Crippen LogP contribution in [0.3, 0.4) is 0 Å². The van der Waals surface area contributed by atoms with Gasteiger partial charge in [-0.1, -0.05) is 35.9 Å². The van der Waals surface area contributed by atoms with Crippen LogP contribution in [0.1, 0.15) is 11.1 Å². The Balaban J connectivity index is 1.88. The van der Waals surface area contributed by atoms with Crippen molar-refractivity contribution in [2.75, 3.05) is 17.6 Å². The number of halogens is 1. The molecule has 0 bridgehead atoms. The maximum Gasteiger partial charge on any atom is 0.223 e. The van der Waals surface area contributed by atoms with Crippen LogP contribution in [0.25, 0.3) is 0 Å². The molecule has 1 aromatic carbocycles. The van der Waals surface area contributed by atoms with Gasteiger partial charge >= 0.3 is 0 Å². The Bertz CT molecular complexity index is 525. The Hall–Kier alpha value is -1.85. The zero-order valence-electron chi connectivity index (χ0n) is 10.3. The van der Waals surface area contributed by atoms with E-state index in [1.807, 2.05) is 24.3 Å². The normalized spacial score (nSPS) is 10.4. The summed E-state index contributed by atoms with van der Waals surface area (Å²) in [7, 11) is 0. The minimum absolute atomic E-state index is 0.0667. The van der Waals surface area contributed by atoms with E-state index in [9.17, 15) is 0 Å². The Morgan fingerprint density at radius 3 is 2.47 bits per heavy atom. The fourth-order valence-corrected chi connectivity index (χ4v) is 1.86. The zero-order chi connectivity index (χ0) is 13.7. The number of aliphatic hydroxyl groups excluding tert-OH is 1. The predicted molar refractivity (Wildman–Crippen MR) is 76.0 cm³/mol. The summed E-state index contributed by atoms with van der Waals surface area (Å²) in [5, 5.41) is 12.4. The fourth-order valence-electron chi connectivity index (χ4n) is 1.67. The van der Waals surface area contributed by atoms with Gasteiger partial charge in [0.05, 0.1) is 6.61 Å². The molecule has 19 heavy (non-hydrogen) atoms. The van der Waals surface area contributed by atoms with Crippen molar-refractivity contribution < 1.29 is 5.11 Å². The van der Waals surface area contributed by atoms with E-state index < -0.39 is 0 Å². The van der Waals surface area contributed by atoms with Gasteiger partial charge in [-0.2, -0.15) is 4.98 Å². The van der Waals surface area contributed by atoms with Gasteiger partial charge in [0.15, 0.2) is 0 Å². The zero-order valence-corrected chi connectivity index (χ0v) is 11.1. The molecule has 0 fully saturated rings. The smallest absolute Gasteiger partial charge is 0.223 e. The van der Waals surface area contributed by atoms with E-state index in [1.54, 1.807) is 6.07 Å². The molecule has 4 N–H and O–H groups in total. The number of nitrogens with zero attached hydrogens (tertiary/aromatic N) is 2. The summed E-state index contributed by atoms with van der Waals surface area (Å²) in [5.41, 5.74) is 7.59. The molecule has 0 saturated heterocycles. The van der Waals surface area contributed by atoms with Crippen LogP contribution >= 0.6 is 11.6 Å². The highest BCUT2D eigenvalue weighted by atomic mass is 35.5. The van der Waals surface area contributed by atoms with Crippen LogP contribution in [0, 0.1) is 0 Å². The van der Waals surface area contributed by atoms with E-state index in [4.69, 9.17) is 22.4 Å². The predicted octanol–water partition coefficient (Wildman–Crippen LogP) is 1.86. The average molecular weight is 279 g/mol. The number of hydrogen-bond donors (Lipinski definition) is 3. The second-order valence-electron chi connectivity index (χ2n) is 4.09. The molecule has 5 nitrogen and oxygen atoms in total. The van der Waals surface area contributed by atoms with E-state index in [0.717, 1.165) is 12.0 Å². The Labute approximate surface area is 116 Å². The lowest BCUT2D eigenvalue weighted by Crippen LogP contribution is -2.08. The quantitative estimate of drug-likeness (QED) is 0.727. The summed E-state index contributed by atoms with van der Waals surface area (Å²) in [6.07, 6.45) is 0.841. The minimum Gasteiger partial charge on any atom is -0.392 e. The van der Waals surface area contributed by atoms with Crippen molar-refractivity contribution in [3.63, 3.8) is 0 Å². The van der Waals surface area contributed by atoms with Gasteiger partial charge in [0.25, 0.3) is 0 Å². The van der Waals surface area contributed by atoms with Crippen LogP contribution in [-0.2, 0) is 13.0 Å². The van der Waals surface area contributed by atoms with Crippen LogP contribution in [-0.4, -0.2) is 21.6 Å². The van der Waals surface area contributed by atoms with Crippen molar-refractivity contribution in [1.29, 1.82) is 0 Å². The first-order chi connectivity index (χ1) is 9.17. The summed E-state index contributed by atoms with van der Waals surface area (Å²) in [6, 6.07) is 9.44. The van der Waals surface area contributed by atoms with Gasteiger partial charge in [0.1, 0.15) is 11.0 Å². The van der Waals surface area contributed by atoms with Crippen LogP contribution in [0.5, 0.6) is 0 Å². The van der Waals surface area contributed by atoms with Gasteiger partial charge in [-0.25, -0.2) is 4.98 Å². The maximum absolute atomic E-state index is 8.95. The van der Waals surface area contributed by atoms with E-state index >= 15 is 0 Å². The molecule has 0 atom stereocenters. The van der Waals surface area contributed by atoms with Crippen LogP contribution in [0.4, 0.5) is 11.8 Å². The van der Waals surface area contributed by atoms with Crippen LogP contribution in [0.2, 0.25) is 5.15 Å². The van der Waals surface area contributed by atoms with Crippen molar-refractivity contribution in [1.82, 2.24) is 9.97 Å². The van der Waals surface area contributed by atoms with Crippen molar-refractivity contribution in [2.45, 2.75) is 13.0 Å². The molecule has 1 aromatic heterocycles. The summed E-state index contributed by atoms with van der Waals surface area (Å²) in [5.74, 6) is 0.770. The number of rotatable bonds is 5. The first kappa shape index (κ1) is 13.6. The summed E-state index contributed by atoms with van der Waals surface area (Å²) in [6.45, 7) is 0.780. The van der Waals surface area contributed by atoms with Crippen LogP contribution in [0.15, 0.2) is 30.3 Å². The van der Waals surface area contributed by atoms with E-state index in [-0.39, 0.29) is 12.6 Å². The van der Waals surface area contributed by atoms with Crippen LogP contribution < -0.4 is 11.1 Å². The van der Waals surface area contributed by atoms with Crippen molar-refractivity contribution in [2.24, 2.45) is 0 Å². The topological polar surface area (TPSA) is 84.1 Å². The first-order valence-corrected chi connectivity index (χ1v) is 6.28. The van der Waals surface area contributed by atoms with Gasteiger partial charge in [0, 0.05) is 12.6 Å². The number of nitrogen functional groups attached to an aromatic ring is 1. The molecular weight excluding hydrogens is 264 g/mol. The third kappa shape index (κ3) is 4.08. The molecular formula is C13H15ClN4O. The lowest BCUT2D eigenvalue weighted by Gasteiger charge is -2.07. The molecule has 0 aliphatic carbocycles. The van der Waals surface area contributed by atoms with Gasteiger partial charge < -0.3 is 16.2 Å². The molecule has 1 heterocycles. The molecule has 6 heteroatoms. The molecule has 100 valence electrons. The molecule has 0 saturated carbocycles. The number of nitrogens with one attached hydrogen (secondary N) is 1. The standard InChI is InChI=1S/C13H15ClN4O/c14-11-7-12(18-13(15)17-11)16-6-5-9-1-3-10(8-19)4-2-9/h1-4,7,19H,5-6,8H2,(H3,15,16,17,18). The minimum atomic E-state index is 0.0667. The molecule has 0 amide bonds. The first-order valence-electron chi connectivity index (χ1n) is 5.90. The van der Waals surface area contributed by atoms with Gasteiger partial charge in [-0.3, -0.25) is 0 Å². The molecule has 2 aromatic rings. The number of aromatic nitrogens is 2. The Morgan fingerprint density at radius 2 is 1.84 bits per heavy atom. The number of aliphatic hydroxyl groups is 1.